The molecule has 3 nitrogen and oxygen atoms in total. The van der Waals surface area contributed by atoms with Gasteiger partial charge < -0.3 is 14.8 Å². The van der Waals surface area contributed by atoms with Crippen LogP contribution in [0, 0.1) is 0 Å². The molecule has 0 radical (unpaired) electrons. The van der Waals surface area contributed by atoms with Crippen LogP contribution < -0.4 is 14.8 Å². The summed E-state index contributed by atoms with van der Waals surface area (Å²) in [5, 5.41) is 3.28. The van der Waals surface area contributed by atoms with Crippen molar-refractivity contribution in [2.45, 2.75) is 13.3 Å². The van der Waals surface area contributed by atoms with Gasteiger partial charge in [-0.1, -0.05) is 25.1 Å². The van der Waals surface area contributed by atoms with Crippen LogP contribution in [0.5, 0.6) is 11.5 Å². The summed E-state index contributed by atoms with van der Waals surface area (Å²) in [5.41, 5.74) is 1.12. The topological polar surface area (TPSA) is 30.5 Å². The lowest BCUT2D eigenvalue weighted by molar-refractivity contribution is 0.355. The van der Waals surface area contributed by atoms with Gasteiger partial charge in [0.1, 0.15) is 0 Å². The van der Waals surface area contributed by atoms with Gasteiger partial charge in [0.2, 0.25) is 0 Å². The molecule has 0 aliphatic rings. The van der Waals surface area contributed by atoms with Crippen molar-refractivity contribution in [2.75, 3.05) is 27.3 Å². The van der Waals surface area contributed by atoms with Gasteiger partial charge in [-0.3, -0.25) is 0 Å². The van der Waals surface area contributed by atoms with Crippen LogP contribution in [0.4, 0.5) is 0 Å². The van der Waals surface area contributed by atoms with Crippen molar-refractivity contribution in [2.24, 2.45) is 0 Å². The molecule has 0 heterocycles. The molecule has 0 saturated heterocycles. The Morgan fingerprint density at radius 1 is 1.18 bits per heavy atom. The molecule has 0 unspecified atom stereocenters. The second kappa shape index (κ2) is 7.74. The average Bonchev–Trinajstić information content (AvgIpc) is 2.38. The molecule has 17 heavy (non-hydrogen) atoms. The number of nitrogens with one attached hydrogen (secondary N) is 1. The van der Waals surface area contributed by atoms with E-state index in [1.807, 2.05) is 18.2 Å². The fraction of sp³-hybridized carbons (Fsp3) is 0.429. The maximum absolute atomic E-state index is 5.25. The second-order valence-electron chi connectivity index (χ2n) is 3.66. The molecule has 0 bridgehead atoms. The van der Waals surface area contributed by atoms with Crippen molar-refractivity contribution in [1.29, 1.82) is 0 Å². The van der Waals surface area contributed by atoms with E-state index in [0.29, 0.717) is 0 Å². The van der Waals surface area contributed by atoms with Crippen LogP contribution in [0.2, 0.25) is 0 Å². The third-order valence-electron chi connectivity index (χ3n) is 2.46. The van der Waals surface area contributed by atoms with Gasteiger partial charge in [0.25, 0.3) is 0 Å². The van der Waals surface area contributed by atoms with Gasteiger partial charge in [0.15, 0.2) is 11.5 Å². The summed E-state index contributed by atoms with van der Waals surface area (Å²) in [5.74, 6) is 1.53. The van der Waals surface area contributed by atoms with Gasteiger partial charge >= 0.3 is 0 Å². The molecule has 0 spiro atoms. The third kappa shape index (κ3) is 4.49. The Morgan fingerprint density at radius 3 is 2.59 bits per heavy atom. The van der Waals surface area contributed by atoms with Crippen LogP contribution >= 0.6 is 0 Å². The van der Waals surface area contributed by atoms with Crippen LogP contribution in [0.25, 0.3) is 6.08 Å². The first-order chi connectivity index (χ1) is 8.31. The molecule has 1 rings (SSSR count). The fourth-order valence-corrected chi connectivity index (χ4v) is 1.54. The minimum absolute atomic E-state index is 0.761. The third-order valence-corrected chi connectivity index (χ3v) is 2.46. The number of hydrogen-bond donors (Lipinski definition) is 1. The van der Waals surface area contributed by atoms with Crippen molar-refractivity contribution < 1.29 is 9.47 Å². The Morgan fingerprint density at radius 2 is 1.94 bits per heavy atom. The molecule has 0 aliphatic carbocycles. The molecule has 1 aromatic carbocycles. The van der Waals surface area contributed by atoms with Crippen molar-refractivity contribution in [3.63, 3.8) is 0 Å². The van der Waals surface area contributed by atoms with Gasteiger partial charge in [-0.2, -0.15) is 0 Å². The number of ether oxygens (including phenoxy) is 2. The van der Waals surface area contributed by atoms with Gasteiger partial charge in [-0.05, 0) is 37.2 Å². The zero-order chi connectivity index (χ0) is 12.5. The molecule has 3 heteroatoms. The fourth-order valence-electron chi connectivity index (χ4n) is 1.54. The monoisotopic (exact) mass is 235 g/mol. The number of benzene rings is 1. The highest BCUT2D eigenvalue weighted by Crippen LogP contribution is 2.27. The zero-order valence-corrected chi connectivity index (χ0v) is 10.8. The van der Waals surface area contributed by atoms with Gasteiger partial charge in [-0.25, -0.2) is 0 Å². The predicted octanol–water partition coefficient (Wildman–Crippen LogP) is 2.72. The Hall–Kier alpha value is -1.48. The number of rotatable bonds is 7. The molecule has 0 saturated carbocycles. The van der Waals surface area contributed by atoms with E-state index in [4.69, 9.17) is 9.47 Å². The van der Waals surface area contributed by atoms with Crippen molar-refractivity contribution in [3.8, 4) is 11.5 Å². The van der Waals surface area contributed by atoms with E-state index in [2.05, 4.69) is 24.4 Å². The van der Waals surface area contributed by atoms with Gasteiger partial charge in [-0.15, -0.1) is 0 Å². The summed E-state index contributed by atoms with van der Waals surface area (Å²) in [6.45, 7) is 4.14. The Labute approximate surface area is 103 Å². The molecule has 0 amide bonds. The molecule has 1 aromatic rings. The van der Waals surface area contributed by atoms with E-state index in [-0.39, 0.29) is 0 Å². The first-order valence-corrected chi connectivity index (χ1v) is 5.91. The maximum atomic E-state index is 5.25. The quantitative estimate of drug-likeness (QED) is 0.737. The van der Waals surface area contributed by atoms with Crippen LogP contribution in [-0.4, -0.2) is 27.3 Å². The highest BCUT2D eigenvalue weighted by molar-refractivity contribution is 5.55. The summed E-state index contributed by atoms with van der Waals surface area (Å²) >= 11 is 0. The van der Waals surface area contributed by atoms with Crippen LogP contribution in [0.15, 0.2) is 24.3 Å². The van der Waals surface area contributed by atoms with Crippen molar-refractivity contribution in [3.05, 3.63) is 29.8 Å². The number of hydrogen-bond acceptors (Lipinski definition) is 3. The summed E-state index contributed by atoms with van der Waals surface area (Å²) < 4.78 is 10.4. The molecular formula is C14H21NO2. The van der Waals surface area contributed by atoms with E-state index in [1.54, 1.807) is 14.2 Å². The van der Waals surface area contributed by atoms with Crippen LogP contribution in [-0.2, 0) is 0 Å². The standard InChI is InChI=1S/C14H21NO2/c1-4-15-10-6-5-7-12-8-9-13(16-2)14(11-12)17-3/h5,7-9,11,15H,4,6,10H2,1-3H3. The SMILES string of the molecule is CCNCCC=Cc1ccc(OC)c(OC)c1. The molecule has 1 N–H and O–H groups in total. The predicted molar refractivity (Wildman–Crippen MR) is 71.7 cm³/mol. The van der Waals surface area contributed by atoms with E-state index in [9.17, 15) is 0 Å². The first-order valence-electron chi connectivity index (χ1n) is 5.91. The smallest absolute Gasteiger partial charge is 0.161 e. The molecule has 0 atom stereocenters. The summed E-state index contributed by atoms with van der Waals surface area (Å²) in [6.07, 6.45) is 5.28. The van der Waals surface area contributed by atoms with Crippen molar-refractivity contribution >= 4 is 6.08 Å². The van der Waals surface area contributed by atoms with E-state index in [0.717, 1.165) is 36.6 Å². The van der Waals surface area contributed by atoms with Gasteiger partial charge in [0.05, 0.1) is 14.2 Å². The zero-order valence-electron chi connectivity index (χ0n) is 10.8. The lowest BCUT2D eigenvalue weighted by Crippen LogP contribution is -2.12. The Kier molecular flexibility index (Phi) is 6.18. The van der Waals surface area contributed by atoms with Crippen LogP contribution in [0.1, 0.15) is 18.9 Å². The normalized spacial score (nSPS) is 10.8. The molecule has 0 aromatic heterocycles. The van der Waals surface area contributed by atoms with Crippen LogP contribution in [0.3, 0.4) is 0 Å². The Balaban J connectivity index is 2.59. The maximum Gasteiger partial charge on any atom is 0.161 e. The Bertz CT molecular complexity index is 361. The lowest BCUT2D eigenvalue weighted by Gasteiger charge is -2.07. The minimum Gasteiger partial charge on any atom is -0.493 e. The van der Waals surface area contributed by atoms with Crippen molar-refractivity contribution in [1.82, 2.24) is 5.32 Å². The number of methoxy groups -OCH3 is 2. The second-order valence-corrected chi connectivity index (χ2v) is 3.66. The first kappa shape index (κ1) is 13.6. The van der Waals surface area contributed by atoms with E-state index >= 15 is 0 Å². The lowest BCUT2D eigenvalue weighted by atomic mass is 10.1. The molecule has 0 fully saturated rings. The molecule has 0 aliphatic heterocycles. The van der Waals surface area contributed by atoms with Gasteiger partial charge in [0, 0.05) is 0 Å². The summed E-state index contributed by atoms with van der Waals surface area (Å²) in [7, 11) is 3.29. The highest BCUT2D eigenvalue weighted by Gasteiger charge is 2.02. The molecule has 94 valence electrons. The van der Waals surface area contributed by atoms with E-state index in [1.165, 1.54) is 0 Å². The minimum atomic E-state index is 0.761. The van der Waals surface area contributed by atoms with E-state index < -0.39 is 0 Å². The average molecular weight is 235 g/mol. The summed E-state index contributed by atoms with van der Waals surface area (Å²) in [6, 6.07) is 5.91. The largest absolute Gasteiger partial charge is 0.493 e. The summed E-state index contributed by atoms with van der Waals surface area (Å²) in [4.78, 5) is 0. The molecular weight excluding hydrogens is 214 g/mol. The highest BCUT2D eigenvalue weighted by atomic mass is 16.5.